The fourth-order valence-electron chi connectivity index (χ4n) is 2.03. The molecule has 0 aliphatic heterocycles. The van der Waals surface area contributed by atoms with Crippen molar-refractivity contribution < 1.29 is 13.2 Å². The lowest BCUT2D eigenvalue weighted by Gasteiger charge is -2.23. The molecule has 1 rings (SSSR count). The Bertz CT molecular complexity index is 188. The first-order valence-corrected chi connectivity index (χ1v) is 6.31. The van der Waals surface area contributed by atoms with E-state index in [0.717, 1.165) is 6.54 Å². The third kappa shape index (κ3) is 5.66. The summed E-state index contributed by atoms with van der Waals surface area (Å²) in [5, 5.41) is 3.12. The van der Waals surface area contributed by atoms with E-state index in [-0.39, 0.29) is 17.5 Å². The Morgan fingerprint density at radius 2 is 1.87 bits per heavy atom. The molecule has 1 saturated carbocycles. The number of nitrogens with one attached hydrogen (secondary N) is 1. The maximum absolute atomic E-state index is 11.8. The number of thioether (sulfide) groups is 1. The minimum atomic E-state index is -4.08. The molecule has 90 valence electrons. The van der Waals surface area contributed by atoms with Crippen LogP contribution < -0.4 is 5.32 Å². The van der Waals surface area contributed by atoms with Crippen molar-refractivity contribution in [3.8, 4) is 0 Å². The van der Waals surface area contributed by atoms with Gasteiger partial charge in [0.1, 0.15) is 0 Å². The number of halogens is 3. The molecule has 0 heterocycles. The number of hydrogen-bond donors (Lipinski definition) is 1. The Labute approximate surface area is 93.2 Å². The summed E-state index contributed by atoms with van der Waals surface area (Å²) in [4.78, 5) is 0. The Hall–Kier alpha value is 0.100. The van der Waals surface area contributed by atoms with Crippen molar-refractivity contribution in [1.82, 2.24) is 5.32 Å². The van der Waals surface area contributed by atoms with E-state index in [4.69, 9.17) is 0 Å². The molecule has 1 N–H and O–H groups in total. The van der Waals surface area contributed by atoms with Gasteiger partial charge in [-0.2, -0.15) is 13.2 Å². The minimum absolute atomic E-state index is 0.0525. The van der Waals surface area contributed by atoms with E-state index in [1.807, 2.05) is 0 Å². The lowest BCUT2D eigenvalue weighted by molar-refractivity contribution is -0.0327. The number of alkyl halides is 3. The number of rotatable bonds is 5. The second-order valence-electron chi connectivity index (χ2n) is 4.49. The summed E-state index contributed by atoms with van der Waals surface area (Å²) in [5.74, 6) is 0.111. The Kier molecular flexibility index (Phi) is 4.77. The zero-order valence-corrected chi connectivity index (χ0v) is 9.81. The van der Waals surface area contributed by atoms with Gasteiger partial charge in [0.2, 0.25) is 0 Å². The molecule has 0 spiro atoms. The average molecular weight is 241 g/mol. The predicted octanol–water partition coefficient (Wildman–Crippen LogP) is 3.41. The summed E-state index contributed by atoms with van der Waals surface area (Å²) in [6.07, 6.45) is 4.92. The highest BCUT2D eigenvalue weighted by Gasteiger charge is 2.29. The van der Waals surface area contributed by atoms with E-state index >= 15 is 0 Å². The van der Waals surface area contributed by atoms with Crippen molar-refractivity contribution in [3.63, 3.8) is 0 Å². The van der Waals surface area contributed by atoms with Gasteiger partial charge in [0, 0.05) is 18.8 Å². The third-order valence-corrected chi connectivity index (χ3v) is 3.64. The molecule has 1 aliphatic rings. The molecule has 1 fully saturated rings. The van der Waals surface area contributed by atoms with E-state index in [2.05, 4.69) is 12.2 Å². The Morgan fingerprint density at radius 1 is 1.27 bits per heavy atom. The molecule has 0 atom stereocenters. The van der Waals surface area contributed by atoms with Gasteiger partial charge >= 0.3 is 5.51 Å². The van der Waals surface area contributed by atoms with Crippen LogP contribution in [0.25, 0.3) is 0 Å². The van der Waals surface area contributed by atoms with E-state index in [1.54, 1.807) is 0 Å². The van der Waals surface area contributed by atoms with Gasteiger partial charge in [-0.25, -0.2) is 0 Å². The molecule has 0 radical (unpaired) electrons. The van der Waals surface area contributed by atoms with Crippen LogP contribution in [0.3, 0.4) is 0 Å². The molecular formula is C10H18F3NS. The van der Waals surface area contributed by atoms with Gasteiger partial charge < -0.3 is 5.32 Å². The van der Waals surface area contributed by atoms with Crippen LogP contribution in [-0.2, 0) is 0 Å². The molecule has 0 bridgehead atoms. The van der Waals surface area contributed by atoms with Crippen molar-refractivity contribution in [2.24, 2.45) is 5.41 Å². The molecular weight excluding hydrogens is 223 g/mol. The first-order valence-electron chi connectivity index (χ1n) is 5.33. The second-order valence-corrected chi connectivity index (χ2v) is 5.65. The lowest BCUT2D eigenvalue weighted by atomic mass is 9.89. The maximum atomic E-state index is 11.8. The average Bonchev–Trinajstić information content (AvgIpc) is 2.50. The predicted molar refractivity (Wildman–Crippen MR) is 58.0 cm³/mol. The van der Waals surface area contributed by atoms with E-state index < -0.39 is 5.51 Å². The van der Waals surface area contributed by atoms with Crippen molar-refractivity contribution in [1.29, 1.82) is 0 Å². The maximum Gasteiger partial charge on any atom is 0.441 e. The summed E-state index contributed by atoms with van der Waals surface area (Å²) >= 11 is 0.0525. The van der Waals surface area contributed by atoms with Gasteiger partial charge in [-0.3, -0.25) is 0 Å². The van der Waals surface area contributed by atoms with Crippen LogP contribution in [-0.4, -0.2) is 24.4 Å². The van der Waals surface area contributed by atoms with Gasteiger partial charge in [0.25, 0.3) is 0 Å². The largest absolute Gasteiger partial charge is 0.441 e. The van der Waals surface area contributed by atoms with Crippen LogP contribution in [0, 0.1) is 5.41 Å². The van der Waals surface area contributed by atoms with Gasteiger partial charge in [0.05, 0.1) is 0 Å². The highest BCUT2D eigenvalue weighted by atomic mass is 32.2. The van der Waals surface area contributed by atoms with E-state index in [0.29, 0.717) is 12.0 Å². The summed E-state index contributed by atoms with van der Waals surface area (Å²) in [5.41, 5.74) is -3.76. The van der Waals surface area contributed by atoms with Crippen LogP contribution in [0.15, 0.2) is 0 Å². The summed E-state index contributed by atoms with van der Waals surface area (Å²) in [6, 6.07) is 0. The molecule has 0 unspecified atom stereocenters. The smallest absolute Gasteiger partial charge is 0.315 e. The van der Waals surface area contributed by atoms with Crippen LogP contribution in [0.1, 0.15) is 32.6 Å². The van der Waals surface area contributed by atoms with Crippen molar-refractivity contribution in [3.05, 3.63) is 0 Å². The summed E-state index contributed by atoms with van der Waals surface area (Å²) < 4.78 is 35.4. The fourth-order valence-corrected chi connectivity index (χ4v) is 2.51. The molecule has 0 saturated heterocycles. The van der Waals surface area contributed by atoms with E-state index in [1.165, 1.54) is 25.7 Å². The van der Waals surface area contributed by atoms with Gasteiger partial charge in [-0.05, 0) is 30.0 Å². The van der Waals surface area contributed by atoms with E-state index in [9.17, 15) is 13.2 Å². The zero-order valence-electron chi connectivity index (χ0n) is 8.99. The zero-order chi connectivity index (χ0) is 11.4. The molecule has 1 aliphatic carbocycles. The van der Waals surface area contributed by atoms with Crippen LogP contribution >= 0.6 is 11.8 Å². The summed E-state index contributed by atoms with van der Waals surface area (Å²) in [7, 11) is 0. The Balaban J connectivity index is 2.02. The first kappa shape index (κ1) is 13.2. The highest BCUT2D eigenvalue weighted by molar-refractivity contribution is 8.00. The van der Waals surface area contributed by atoms with Gasteiger partial charge in [-0.15, -0.1) is 0 Å². The molecule has 15 heavy (non-hydrogen) atoms. The van der Waals surface area contributed by atoms with Crippen LogP contribution in [0.4, 0.5) is 13.2 Å². The van der Waals surface area contributed by atoms with Gasteiger partial charge in [-0.1, -0.05) is 19.8 Å². The normalized spacial score (nSPS) is 20.8. The summed E-state index contributed by atoms with van der Waals surface area (Å²) in [6.45, 7) is 3.51. The number of hydrogen-bond acceptors (Lipinski definition) is 2. The van der Waals surface area contributed by atoms with Crippen LogP contribution in [0.5, 0.6) is 0 Å². The highest BCUT2D eigenvalue weighted by Crippen LogP contribution is 2.36. The molecule has 0 aromatic rings. The molecule has 1 nitrogen and oxygen atoms in total. The third-order valence-electron chi connectivity index (χ3n) is 2.91. The molecule has 0 amide bonds. The molecule has 0 aromatic heterocycles. The van der Waals surface area contributed by atoms with Crippen molar-refractivity contribution >= 4 is 11.8 Å². The quantitative estimate of drug-likeness (QED) is 0.740. The second kappa shape index (κ2) is 5.43. The van der Waals surface area contributed by atoms with Crippen LogP contribution in [0.2, 0.25) is 0 Å². The Morgan fingerprint density at radius 3 is 2.40 bits per heavy atom. The molecule has 5 heteroatoms. The van der Waals surface area contributed by atoms with Crippen molar-refractivity contribution in [2.75, 3.05) is 18.8 Å². The fraction of sp³-hybridized carbons (Fsp3) is 1.00. The SMILES string of the molecule is CC1(CNCCSC(F)(F)F)CCCC1. The first-order chi connectivity index (χ1) is 6.91. The van der Waals surface area contributed by atoms with Crippen molar-refractivity contribution in [2.45, 2.75) is 38.1 Å². The lowest BCUT2D eigenvalue weighted by Crippen LogP contribution is -2.31. The minimum Gasteiger partial charge on any atom is -0.315 e. The standard InChI is InChI=1S/C10H18F3NS/c1-9(4-2-3-5-9)8-14-6-7-15-10(11,12)13/h14H,2-8H2,1H3. The van der Waals surface area contributed by atoms with Gasteiger partial charge in [0.15, 0.2) is 0 Å². The topological polar surface area (TPSA) is 12.0 Å². The molecule has 0 aromatic carbocycles. The monoisotopic (exact) mass is 241 g/mol.